The molecule has 0 radical (unpaired) electrons. The zero-order valence-electron chi connectivity index (χ0n) is 10.5. The molecule has 1 aliphatic rings. The van der Waals surface area contributed by atoms with Crippen molar-refractivity contribution in [2.75, 3.05) is 6.61 Å². The van der Waals surface area contributed by atoms with Crippen LogP contribution in [0, 0.1) is 0 Å². The van der Waals surface area contributed by atoms with Crippen LogP contribution in [0.25, 0.3) is 11.0 Å². The summed E-state index contributed by atoms with van der Waals surface area (Å²) in [5.74, 6) is -0.952. The normalized spacial score (nSPS) is 19.7. The number of rotatable bonds is 3. The molecule has 2 aromatic rings. The number of carbonyl (C=O) groups is 1. The van der Waals surface area contributed by atoms with Crippen molar-refractivity contribution in [2.24, 2.45) is 0 Å². The van der Waals surface area contributed by atoms with Crippen LogP contribution in [0.15, 0.2) is 18.2 Å². The van der Waals surface area contributed by atoms with Crippen molar-refractivity contribution in [3.8, 4) is 0 Å². The van der Waals surface area contributed by atoms with Gasteiger partial charge in [0.05, 0.1) is 23.7 Å². The molecule has 0 bridgehead atoms. The molecule has 0 spiro atoms. The first kappa shape index (κ1) is 12.1. The van der Waals surface area contributed by atoms with E-state index in [0.717, 1.165) is 25.0 Å². The van der Waals surface area contributed by atoms with Gasteiger partial charge in [-0.05, 0) is 37.5 Å². The first-order valence-electron chi connectivity index (χ1n) is 6.42. The molecule has 100 valence electrons. The largest absolute Gasteiger partial charge is 0.478 e. The van der Waals surface area contributed by atoms with Gasteiger partial charge < -0.3 is 9.84 Å². The molecular weight excluding hydrogens is 246 g/mol. The van der Waals surface area contributed by atoms with E-state index >= 15 is 0 Å². The Morgan fingerprint density at radius 1 is 1.47 bits per heavy atom. The fourth-order valence-electron chi connectivity index (χ4n) is 2.38. The van der Waals surface area contributed by atoms with Crippen LogP contribution in [0.5, 0.6) is 0 Å². The summed E-state index contributed by atoms with van der Waals surface area (Å²) in [6, 6.07) is 4.87. The minimum Gasteiger partial charge on any atom is -0.478 e. The smallest absolute Gasteiger partial charge is 0.335 e. The van der Waals surface area contributed by atoms with Crippen LogP contribution in [0.2, 0.25) is 0 Å². The highest BCUT2D eigenvalue weighted by molar-refractivity contribution is 5.92. The zero-order valence-corrected chi connectivity index (χ0v) is 10.5. The van der Waals surface area contributed by atoms with E-state index in [1.54, 1.807) is 22.9 Å². The van der Waals surface area contributed by atoms with Crippen molar-refractivity contribution in [2.45, 2.75) is 31.9 Å². The van der Waals surface area contributed by atoms with Gasteiger partial charge in [-0.3, -0.25) is 0 Å². The molecule has 0 aliphatic carbocycles. The third-order valence-electron chi connectivity index (χ3n) is 3.41. The Labute approximate surface area is 110 Å². The summed E-state index contributed by atoms with van der Waals surface area (Å²) in [5, 5.41) is 17.0. The predicted molar refractivity (Wildman–Crippen MR) is 68.1 cm³/mol. The Bertz CT molecular complexity index is 602. The number of aromatic carboxylic acids is 1. The molecule has 1 aromatic heterocycles. The Kier molecular flexibility index (Phi) is 3.16. The van der Waals surface area contributed by atoms with Crippen LogP contribution < -0.4 is 0 Å². The molecule has 3 rings (SSSR count). The monoisotopic (exact) mass is 261 g/mol. The van der Waals surface area contributed by atoms with Gasteiger partial charge >= 0.3 is 5.97 Å². The number of aromatic nitrogens is 3. The summed E-state index contributed by atoms with van der Waals surface area (Å²) < 4.78 is 7.47. The number of fused-ring (bicyclic) bond motifs is 1. The number of benzene rings is 1. The van der Waals surface area contributed by atoms with Crippen molar-refractivity contribution in [1.29, 1.82) is 0 Å². The van der Waals surface area contributed by atoms with E-state index in [9.17, 15) is 4.79 Å². The summed E-state index contributed by atoms with van der Waals surface area (Å²) in [4.78, 5) is 10.9. The molecule has 6 nitrogen and oxygen atoms in total. The molecule has 1 unspecified atom stereocenters. The van der Waals surface area contributed by atoms with E-state index in [1.165, 1.54) is 6.42 Å². The number of ether oxygens (including phenoxy) is 1. The van der Waals surface area contributed by atoms with E-state index in [4.69, 9.17) is 9.84 Å². The van der Waals surface area contributed by atoms with Gasteiger partial charge in [-0.1, -0.05) is 5.21 Å². The van der Waals surface area contributed by atoms with Crippen LogP contribution in [-0.4, -0.2) is 38.8 Å². The number of carboxylic acids is 1. The lowest BCUT2D eigenvalue weighted by molar-refractivity contribution is 0.00443. The molecule has 0 saturated carbocycles. The second kappa shape index (κ2) is 4.97. The highest BCUT2D eigenvalue weighted by Gasteiger charge is 2.17. The van der Waals surface area contributed by atoms with Gasteiger partial charge in [-0.15, -0.1) is 5.10 Å². The summed E-state index contributed by atoms with van der Waals surface area (Å²) in [6.45, 7) is 1.48. The van der Waals surface area contributed by atoms with Crippen molar-refractivity contribution < 1.29 is 14.6 Å². The minimum atomic E-state index is -0.952. The number of hydrogen-bond donors (Lipinski definition) is 1. The first-order chi connectivity index (χ1) is 9.24. The molecule has 0 amide bonds. The lowest BCUT2D eigenvalue weighted by Crippen LogP contribution is -2.24. The predicted octanol–water partition coefficient (Wildman–Crippen LogP) is 1.70. The van der Waals surface area contributed by atoms with Gasteiger partial charge in [0.25, 0.3) is 0 Å². The minimum absolute atomic E-state index is 0.179. The molecule has 1 N–H and O–H groups in total. The molecule has 1 aromatic carbocycles. The number of nitrogens with zero attached hydrogens (tertiary/aromatic N) is 3. The van der Waals surface area contributed by atoms with E-state index in [1.807, 2.05) is 0 Å². The summed E-state index contributed by atoms with van der Waals surface area (Å²) in [6.07, 6.45) is 3.52. The van der Waals surface area contributed by atoms with Crippen LogP contribution in [0.3, 0.4) is 0 Å². The van der Waals surface area contributed by atoms with E-state index in [2.05, 4.69) is 10.3 Å². The van der Waals surface area contributed by atoms with Crippen LogP contribution in [0.4, 0.5) is 0 Å². The third-order valence-corrected chi connectivity index (χ3v) is 3.41. The van der Waals surface area contributed by atoms with Crippen molar-refractivity contribution in [1.82, 2.24) is 15.0 Å². The third kappa shape index (κ3) is 2.44. The highest BCUT2D eigenvalue weighted by atomic mass is 16.5. The number of carboxylic acid groups (broad SMARTS) is 1. The van der Waals surface area contributed by atoms with Crippen molar-refractivity contribution in [3.63, 3.8) is 0 Å². The van der Waals surface area contributed by atoms with Gasteiger partial charge in [0.15, 0.2) is 0 Å². The van der Waals surface area contributed by atoms with Gasteiger partial charge in [-0.25, -0.2) is 9.48 Å². The van der Waals surface area contributed by atoms with Gasteiger partial charge in [0.2, 0.25) is 0 Å². The van der Waals surface area contributed by atoms with E-state index in [0.29, 0.717) is 12.1 Å². The van der Waals surface area contributed by atoms with E-state index < -0.39 is 5.97 Å². The molecule has 19 heavy (non-hydrogen) atoms. The van der Waals surface area contributed by atoms with Crippen LogP contribution in [0.1, 0.15) is 29.6 Å². The SMILES string of the molecule is O=C(O)c1ccc2c(c1)nnn2CC1CCCCO1. The molecule has 1 atom stereocenters. The second-order valence-corrected chi connectivity index (χ2v) is 4.77. The molecule has 2 heterocycles. The Morgan fingerprint density at radius 3 is 3.11 bits per heavy atom. The fourth-order valence-corrected chi connectivity index (χ4v) is 2.38. The molecule has 6 heteroatoms. The summed E-state index contributed by atoms with van der Waals surface area (Å²) >= 11 is 0. The fraction of sp³-hybridized carbons (Fsp3) is 0.462. The molecular formula is C13H15N3O3. The van der Waals surface area contributed by atoms with Crippen molar-refractivity contribution in [3.05, 3.63) is 23.8 Å². The average molecular weight is 261 g/mol. The number of hydrogen-bond acceptors (Lipinski definition) is 4. The van der Waals surface area contributed by atoms with Gasteiger partial charge in [-0.2, -0.15) is 0 Å². The lowest BCUT2D eigenvalue weighted by Gasteiger charge is -2.22. The van der Waals surface area contributed by atoms with Crippen molar-refractivity contribution >= 4 is 17.0 Å². The highest BCUT2D eigenvalue weighted by Crippen LogP contribution is 2.18. The Morgan fingerprint density at radius 2 is 2.37 bits per heavy atom. The van der Waals surface area contributed by atoms with Gasteiger partial charge in [0.1, 0.15) is 5.52 Å². The van der Waals surface area contributed by atoms with E-state index in [-0.39, 0.29) is 11.7 Å². The molecule has 1 saturated heterocycles. The Balaban J connectivity index is 1.86. The zero-order chi connectivity index (χ0) is 13.2. The van der Waals surface area contributed by atoms with Crippen LogP contribution >= 0.6 is 0 Å². The lowest BCUT2D eigenvalue weighted by atomic mass is 10.1. The standard InChI is InChI=1S/C13H15N3O3/c17-13(18)9-4-5-12-11(7-9)14-15-16(12)8-10-3-1-2-6-19-10/h4-5,7,10H,1-3,6,8H2,(H,17,18). The molecule has 1 aliphatic heterocycles. The maximum atomic E-state index is 10.9. The average Bonchev–Trinajstić information content (AvgIpc) is 2.82. The summed E-state index contributed by atoms with van der Waals surface area (Å²) in [7, 11) is 0. The maximum Gasteiger partial charge on any atom is 0.335 e. The second-order valence-electron chi connectivity index (χ2n) is 4.77. The Hall–Kier alpha value is -1.95. The topological polar surface area (TPSA) is 77.2 Å². The first-order valence-corrected chi connectivity index (χ1v) is 6.42. The summed E-state index contributed by atoms with van der Waals surface area (Å²) in [5.41, 5.74) is 1.68. The quantitative estimate of drug-likeness (QED) is 0.909. The van der Waals surface area contributed by atoms with Gasteiger partial charge in [0, 0.05) is 6.61 Å². The van der Waals surface area contributed by atoms with Crippen LogP contribution in [-0.2, 0) is 11.3 Å². The maximum absolute atomic E-state index is 10.9. The molecule has 1 fully saturated rings.